The average molecular weight is 278 g/mol. The highest BCUT2D eigenvalue weighted by Crippen LogP contribution is 2.49. The summed E-state index contributed by atoms with van der Waals surface area (Å²) in [5.41, 5.74) is 0.508. The SMILES string of the molecule is C[C@H]1C(=O)O[C@H]2C[C@]3(C)O[C@H]3CCC3=C[C@@H](OC3=O)[C@@H]21. The Morgan fingerprint density at radius 3 is 2.90 bits per heavy atom. The molecule has 4 aliphatic rings. The first kappa shape index (κ1) is 12.4. The Labute approximate surface area is 117 Å². The highest BCUT2D eigenvalue weighted by Gasteiger charge is 2.59. The fraction of sp³-hybridized carbons (Fsp3) is 0.733. The Morgan fingerprint density at radius 1 is 1.30 bits per heavy atom. The molecule has 0 spiro atoms. The molecule has 2 fully saturated rings. The molecule has 0 N–H and O–H groups in total. The first-order chi connectivity index (χ1) is 9.48. The molecule has 108 valence electrons. The van der Waals surface area contributed by atoms with E-state index in [0.717, 1.165) is 12.0 Å². The Morgan fingerprint density at radius 2 is 2.10 bits per heavy atom. The number of carbonyl (C=O) groups excluding carboxylic acids is 2. The molecule has 1 aliphatic carbocycles. The molecule has 20 heavy (non-hydrogen) atoms. The number of esters is 2. The third-order valence-corrected chi connectivity index (χ3v) is 5.21. The van der Waals surface area contributed by atoms with Gasteiger partial charge in [-0.1, -0.05) is 6.92 Å². The van der Waals surface area contributed by atoms with Gasteiger partial charge in [0.05, 0.1) is 17.6 Å². The van der Waals surface area contributed by atoms with Crippen molar-refractivity contribution in [2.24, 2.45) is 11.8 Å². The molecule has 0 aromatic rings. The van der Waals surface area contributed by atoms with E-state index < -0.39 is 0 Å². The second-order valence-electron chi connectivity index (χ2n) is 6.57. The van der Waals surface area contributed by atoms with Crippen LogP contribution in [-0.4, -0.2) is 35.9 Å². The van der Waals surface area contributed by atoms with E-state index in [1.165, 1.54) is 0 Å². The number of hydrogen-bond acceptors (Lipinski definition) is 5. The highest BCUT2D eigenvalue weighted by atomic mass is 16.6. The Bertz CT molecular complexity index is 524. The molecule has 3 heterocycles. The van der Waals surface area contributed by atoms with Gasteiger partial charge in [-0.25, -0.2) is 4.79 Å². The maximum Gasteiger partial charge on any atom is 0.334 e. The molecule has 0 aromatic heterocycles. The lowest BCUT2D eigenvalue weighted by Crippen LogP contribution is -2.34. The maximum absolute atomic E-state index is 11.9. The molecule has 2 saturated heterocycles. The molecule has 0 amide bonds. The molecule has 0 aromatic carbocycles. The molecule has 0 saturated carbocycles. The monoisotopic (exact) mass is 278 g/mol. The molecule has 2 bridgehead atoms. The number of carbonyl (C=O) groups is 2. The third kappa shape index (κ3) is 1.65. The van der Waals surface area contributed by atoms with Crippen molar-refractivity contribution in [1.82, 2.24) is 0 Å². The molecule has 0 unspecified atom stereocenters. The van der Waals surface area contributed by atoms with Gasteiger partial charge in [0, 0.05) is 17.9 Å². The van der Waals surface area contributed by atoms with Crippen LogP contribution in [0.4, 0.5) is 0 Å². The van der Waals surface area contributed by atoms with Crippen molar-refractivity contribution in [1.29, 1.82) is 0 Å². The normalized spacial score (nSPS) is 49.7. The van der Waals surface area contributed by atoms with Gasteiger partial charge >= 0.3 is 11.9 Å². The van der Waals surface area contributed by atoms with Crippen molar-refractivity contribution < 1.29 is 23.8 Å². The van der Waals surface area contributed by atoms with Crippen LogP contribution < -0.4 is 0 Å². The molecule has 5 nitrogen and oxygen atoms in total. The van der Waals surface area contributed by atoms with Gasteiger partial charge in [0.25, 0.3) is 0 Å². The summed E-state index contributed by atoms with van der Waals surface area (Å²) in [7, 11) is 0. The van der Waals surface area contributed by atoms with E-state index in [1.54, 1.807) is 0 Å². The minimum absolute atomic E-state index is 0.0938. The number of fused-ring (bicyclic) bond motifs is 4. The lowest BCUT2D eigenvalue weighted by molar-refractivity contribution is -0.144. The Kier molecular flexibility index (Phi) is 2.38. The van der Waals surface area contributed by atoms with Crippen LogP contribution in [-0.2, 0) is 23.8 Å². The predicted octanol–water partition coefficient (Wildman–Crippen LogP) is 1.36. The third-order valence-electron chi connectivity index (χ3n) is 5.21. The van der Waals surface area contributed by atoms with Crippen molar-refractivity contribution in [2.75, 3.05) is 0 Å². The summed E-state index contributed by atoms with van der Waals surface area (Å²) in [6, 6.07) is 0. The molecular formula is C15H18O5. The molecule has 5 heteroatoms. The zero-order chi connectivity index (χ0) is 14.1. The standard InChI is InChI=1S/C15H18O5/c1-7-12-9-5-8(14(17)18-9)3-4-11-15(2,20-11)6-10(12)19-13(7)16/h5,7,9-12H,3-4,6H2,1-2H3/t7-,9-,10+,11+,12+,15+/m1/s1. The van der Waals surface area contributed by atoms with Gasteiger partial charge in [-0.3, -0.25) is 4.79 Å². The first-order valence-corrected chi connectivity index (χ1v) is 7.28. The number of epoxide rings is 1. The summed E-state index contributed by atoms with van der Waals surface area (Å²) in [4.78, 5) is 23.8. The van der Waals surface area contributed by atoms with Crippen LogP contribution >= 0.6 is 0 Å². The van der Waals surface area contributed by atoms with Crippen LogP contribution in [0.2, 0.25) is 0 Å². The maximum atomic E-state index is 11.9. The summed E-state index contributed by atoms with van der Waals surface area (Å²) >= 11 is 0. The van der Waals surface area contributed by atoms with E-state index in [0.29, 0.717) is 12.8 Å². The van der Waals surface area contributed by atoms with Crippen LogP contribution in [0.1, 0.15) is 33.1 Å². The summed E-state index contributed by atoms with van der Waals surface area (Å²) in [6.45, 7) is 3.91. The highest BCUT2D eigenvalue weighted by molar-refractivity contribution is 5.91. The molecule has 0 radical (unpaired) electrons. The second kappa shape index (κ2) is 3.85. The van der Waals surface area contributed by atoms with E-state index in [1.807, 2.05) is 13.0 Å². The average Bonchev–Trinajstić information content (AvgIpc) is 2.74. The van der Waals surface area contributed by atoms with Gasteiger partial charge in [0.2, 0.25) is 0 Å². The summed E-state index contributed by atoms with van der Waals surface area (Å²) in [5.74, 6) is -0.778. The van der Waals surface area contributed by atoms with Crippen molar-refractivity contribution in [3.63, 3.8) is 0 Å². The summed E-state index contributed by atoms with van der Waals surface area (Å²) in [5, 5.41) is 0. The van der Waals surface area contributed by atoms with Crippen molar-refractivity contribution in [2.45, 2.75) is 57.0 Å². The van der Waals surface area contributed by atoms with Gasteiger partial charge in [-0.05, 0) is 25.8 Å². The van der Waals surface area contributed by atoms with Gasteiger partial charge in [0.1, 0.15) is 12.2 Å². The van der Waals surface area contributed by atoms with Gasteiger partial charge in [-0.15, -0.1) is 0 Å². The van der Waals surface area contributed by atoms with Crippen molar-refractivity contribution in [3.05, 3.63) is 11.6 Å². The predicted molar refractivity (Wildman–Crippen MR) is 67.6 cm³/mol. The van der Waals surface area contributed by atoms with E-state index in [4.69, 9.17) is 14.2 Å². The van der Waals surface area contributed by atoms with Gasteiger partial charge in [0.15, 0.2) is 0 Å². The number of ether oxygens (including phenoxy) is 3. The van der Waals surface area contributed by atoms with E-state index in [9.17, 15) is 9.59 Å². The van der Waals surface area contributed by atoms with Crippen molar-refractivity contribution in [3.8, 4) is 0 Å². The molecular weight excluding hydrogens is 260 g/mol. The number of hydrogen-bond donors (Lipinski definition) is 0. The van der Waals surface area contributed by atoms with Gasteiger partial charge in [-0.2, -0.15) is 0 Å². The Hall–Kier alpha value is -1.36. The lowest BCUT2D eigenvalue weighted by atomic mass is 9.81. The fourth-order valence-corrected chi connectivity index (χ4v) is 3.88. The minimum atomic E-state index is -0.331. The van der Waals surface area contributed by atoms with Crippen LogP contribution in [0.15, 0.2) is 11.6 Å². The molecule has 3 aliphatic heterocycles. The van der Waals surface area contributed by atoms with E-state index >= 15 is 0 Å². The smallest absolute Gasteiger partial charge is 0.334 e. The minimum Gasteiger partial charge on any atom is -0.462 e. The quantitative estimate of drug-likeness (QED) is 0.494. The zero-order valence-corrected chi connectivity index (χ0v) is 11.6. The first-order valence-electron chi connectivity index (χ1n) is 7.28. The second-order valence-corrected chi connectivity index (χ2v) is 6.57. The van der Waals surface area contributed by atoms with E-state index in [-0.39, 0.29) is 47.7 Å². The molecule has 6 atom stereocenters. The van der Waals surface area contributed by atoms with Gasteiger partial charge < -0.3 is 14.2 Å². The number of rotatable bonds is 0. The zero-order valence-electron chi connectivity index (χ0n) is 11.6. The Balaban J connectivity index is 1.71. The van der Waals surface area contributed by atoms with E-state index in [2.05, 4.69) is 6.92 Å². The topological polar surface area (TPSA) is 65.1 Å². The van der Waals surface area contributed by atoms with Crippen LogP contribution in [0.3, 0.4) is 0 Å². The summed E-state index contributed by atoms with van der Waals surface area (Å²) < 4.78 is 16.8. The molecule has 4 rings (SSSR count). The van der Waals surface area contributed by atoms with Crippen LogP contribution in [0.25, 0.3) is 0 Å². The fourth-order valence-electron chi connectivity index (χ4n) is 3.88. The largest absolute Gasteiger partial charge is 0.462 e. The van der Waals surface area contributed by atoms with Crippen molar-refractivity contribution >= 4 is 11.9 Å². The van der Waals surface area contributed by atoms with Crippen LogP contribution in [0.5, 0.6) is 0 Å². The summed E-state index contributed by atoms with van der Waals surface area (Å²) in [6.07, 6.45) is 3.70. The van der Waals surface area contributed by atoms with Crippen LogP contribution in [0, 0.1) is 11.8 Å². The lowest BCUT2D eigenvalue weighted by Gasteiger charge is -2.25.